The van der Waals surface area contributed by atoms with E-state index in [2.05, 4.69) is 0 Å². The molecule has 0 spiro atoms. The van der Waals surface area contributed by atoms with Crippen molar-refractivity contribution in [2.45, 2.75) is 13.3 Å². The van der Waals surface area contributed by atoms with Gasteiger partial charge in [-0.3, -0.25) is 19.7 Å². The highest BCUT2D eigenvalue weighted by molar-refractivity contribution is 5.92. The van der Waals surface area contributed by atoms with Crippen LogP contribution >= 0.6 is 0 Å². The van der Waals surface area contributed by atoms with Gasteiger partial charge in [-0.05, 0) is 18.6 Å². The lowest BCUT2D eigenvalue weighted by Crippen LogP contribution is -2.31. The van der Waals surface area contributed by atoms with Crippen molar-refractivity contribution >= 4 is 23.6 Å². The van der Waals surface area contributed by atoms with Crippen molar-refractivity contribution in [2.75, 3.05) is 13.1 Å². The van der Waals surface area contributed by atoms with Gasteiger partial charge in [0.05, 0.1) is 11.3 Å². The van der Waals surface area contributed by atoms with Gasteiger partial charge in [0.25, 0.3) is 5.69 Å². The normalized spacial score (nSPS) is 10.5. The number of hydrogen-bond acceptors (Lipinski definition) is 4. The summed E-state index contributed by atoms with van der Waals surface area (Å²) in [5.41, 5.74) is 0.481. The van der Waals surface area contributed by atoms with Crippen molar-refractivity contribution in [3.63, 3.8) is 0 Å². The highest BCUT2D eigenvalue weighted by atomic mass is 16.6. The number of rotatable bonds is 7. The molecule has 1 aromatic rings. The van der Waals surface area contributed by atoms with E-state index in [1.807, 2.05) is 0 Å². The molecule has 0 aromatic heterocycles. The van der Waals surface area contributed by atoms with E-state index < -0.39 is 10.9 Å². The number of carboxylic acid groups (broad SMARTS) is 1. The largest absolute Gasteiger partial charge is 0.481 e. The number of benzene rings is 1. The molecule has 0 fully saturated rings. The summed E-state index contributed by atoms with van der Waals surface area (Å²) in [5.74, 6) is -1.30. The van der Waals surface area contributed by atoms with Crippen LogP contribution in [0.2, 0.25) is 0 Å². The van der Waals surface area contributed by atoms with Crippen molar-refractivity contribution in [3.8, 4) is 0 Å². The van der Waals surface area contributed by atoms with Crippen LogP contribution in [0.25, 0.3) is 6.08 Å². The fraction of sp³-hybridized carbons (Fsp3) is 0.286. The molecule has 1 rings (SSSR count). The van der Waals surface area contributed by atoms with E-state index >= 15 is 0 Å². The number of carbonyl (C=O) groups is 2. The van der Waals surface area contributed by atoms with Crippen LogP contribution < -0.4 is 0 Å². The molecule has 0 aliphatic heterocycles. The number of nitro benzene ring substituents is 1. The number of nitro groups is 1. The number of non-ortho nitro benzene ring substituents is 1. The predicted octanol–water partition coefficient (Wildman–Crippen LogP) is 1.93. The monoisotopic (exact) mass is 292 g/mol. The molecular formula is C14H16N2O5. The highest BCUT2D eigenvalue weighted by Crippen LogP contribution is 2.14. The first-order chi connectivity index (χ1) is 9.93. The van der Waals surface area contributed by atoms with Crippen LogP contribution in [0.4, 0.5) is 5.69 Å². The molecule has 0 radical (unpaired) electrons. The van der Waals surface area contributed by atoms with Gasteiger partial charge in [0, 0.05) is 31.3 Å². The van der Waals surface area contributed by atoms with Gasteiger partial charge in [0.2, 0.25) is 5.91 Å². The minimum absolute atomic E-state index is 0.0529. The molecule has 1 aromatic carbocycles. The molecule has 7 nitrogen and oxygen atoms in total. The maximum Gasteiger partial charge on any atom is 0.305 e. The molecule has 0 saturated heterocycles. The van der Waals surface area contributed by atoms with E-state index in [4.69, 9.17) is 5.11 Å². The second-order valence-corrected chi connectivity index (χ2v) is 4.25. The number of aliphatic carboxylic acids is 1. The molecule has 7 heteroatoms. The van der Waals surface area contributed by atoms with Crippen LogP contribution in [0.1, 0.15) is 18.9 Å². The maximum absolute atomic E-state index is 11.9. The number of likely N-dealkylation sites (N-methyl/N-ethyl adjacent to an activating group) is 1. The van der Waals surface area contributed by atoms with Gasteiger partial charge >= 0.3 is 5.97 Å². The molecule has 0 aliphatic carbocycles. The average Bonchev–Trinajstić information content (AvgIpc) is 2.45. The number of carboxylic acids is 1. The standard InChI is InChI=1S/C14H16N2O5/c1-2-15(9-8-14(18)19)13(17)7-6-11-4-3-5-12(10-11)16(20)21/h3-7,10H,2,8-9H2,1H3,(H,18,19)/b7-6+. The van der Waals surface area contributed by atoms with E-state index in [9.17, 15) is 19.7 Å². The quantitative estimate of drug-likeness (QED) is 0.470. The molecule has 0 unspecified atom stereocenters. The van der Waals surface area contributed by atoms with Crippen LogP contribution in [0.15, 0.2) is 30.3 Å². The molecule has 0 heterocycles. The third kappa shape index (κ3) is 5.43. The Hall–Kier alpha value is -2.70. The Bertz CT molecular complexity index is 568. The lowest BCUT2D eigenvalue weighted by Gasteiger charge is -2.17. The fourth-order valence-electron chi connectivity index (χ4n) is 1.67. The van der Waals surface area contributed by atoms with Gasteiger partial charge in [-0.2, -0.15) is 0 Å². The van der Waals surface area contributed by atoms with Crippen molar-refractivity contribution < 1.29 is 19.6 Å². The topological polar surface area (TPSA) is 101 Å². The molecule has 0 bridgehead atoms. The fourth-order valence-corrected chi connectivity index (χ4v) is 1.67. The summed E-state index contributed by atoms with van der Waals surface area (Å²) in [5, 5.41) is 19.3. The van der Waals surface area contributed by atoms with E-state index in [1.165, 1.54) is 35.3 Å². The zero-order valence-corrected chi connectivity index (χ0v) is 11.6. The molecule has 112 valence electrons. The molecule has 1 amide bonds. The summed E-state index contributed by atoms with van der Waals surface area (Å²) < 4.78 is 0. The molecule has 0 saturated carbocycles. The van der Waals surface area contributed by atoms with E-state index in [0.29, 0.717) is 12.1 Å². The van der Waals surface area contributed by atoms with Gasteiger partial charge < -0.3 is 10.0 Å². The van der Waals surface area contributed by atoms with Crippen molar-refractivity contribution in [1.82, 2.24) is 4.90 Å². The smallest absolute Gasteiger partial charge is 0.305 e. The summed E-state index contributed by atoms with van der Waals surface area (Å²) in [6.07, 6.45) is 2.63. The van der Waals surface area contributed by atoms with Gasteiger partial charge in [-0.1, -0.05) is 12.1 Å². The van der Waals surface area contributed by atoms with Gasteiger partial charge in [0.1, 0.15) is 0 Å². The van der Waals surface area contributed by atoms with Crippen molar-refractivity contribution in [3.05, 3.63) is 46.0 Å². The second-order valence-electron chi connectivity index (χ2n) is 4.25. The second kappa shape index (κ2) is 7.78. The van der Waals surface area contributed by atoms with Crippen LogP contribution in [0, 0.1) is 10.1 Å². The zero-order valence-electron chi connectivity index (χ0n) is 11.6. The van der Waals surface area contributed by atoms with E-state index in [1.54, 1.807) is 13.0 Å². The first-order valence-electron chi connectivity index (χ1n) is 6.37. The Balaban J connectivity index is 2.73. The first kappa shape index (κ1) is 16.4. The van der Waals surface area contributed by atoms with E-state index in [0.717, 1.165) is 0 Å². The summed E-state index contributed by atoms with van der Waals surface area (Å²) in [6, 6.07) is 5.90. The SMILES string of the molecule is CCN(CCC(=O)O)C(=O)/C=C/c1cccc([N+](=O)[O-])c1. The summed E-state index contributed by atoms with van der Waals surface area (Å²) in [4.78, 5) is 33.9. The predicted molar refractivity (Wildman–Crippen MR) is 76.6 cm³/mol. The molecular weight excluding hydrogens is 276 g/mol. The molecule has 0 aliphatic rings. The first-order valence-corrected chi connectivity index (χ1v) is 6.37. The number of hydrogen-bond donors (Lipinski definition) is 1. The van der Waals surface area contributed by atoms with E-state index in [-0.39, 0.29) is 24.6 Å². The molecule has 0 atom stereocenters. The van der Waals surface area contributed by atoms with Crippen LogP contribution in [-0.4, -0.2) is 39.9 Å². The summed E-state index contributed by atoms with van der Waals surface area (Å²) in [6.45, 7) is 2.27. The van der Waals surface area contributed by atoms with Crippen molar-refractivity contribution in [2.24, 2.45) is 0 Å². The zero-order chi connectivity index (χ0) is 15.8. The Morgan fingerprint density at radius 2 is 2.14 bits per heavy atom. The van der Waals surface area contributed by atoms with Gasteiger partial charge in [-0.15, -0.1) is 0 Å². The van der Waals surface area contributed by atoms with Gasteiger partial charge in [-0.25, -0.2) is 0 Å². The van der Waals surface area contributed by atoms with Crippen LogP contribution in [0.3, 0.4) is 0 Å². The lowest BCUT2D eigenvalue weighted by molar-refractivity contribution is -0.384. The van der Waals surface area contributed by atoms with Gasteiger partial charge in [0.15, 0.2) is 0 Å². The highest BCUT2D eigenvalue weighted by Gasteiger charge is 2.10. The lowest BCUT2D eigenvalue weighted by atomic mass is 10.2. The third-order valence-corrected chi connectivity index (χ3v) is 2.79. The number of amides is 1. The number of nitrogens with zero attached hydrogens (tertiary/aromatic N) is 2. The molecule has 1 N–H and O–H groups in total. The van der Waals surface area contributed by atoms with Crippen LogP contribution in [-0.2, 0) is 9.59 Å². The Morgan fingerprint density at radius 1 is 1.43 bits per heavy atom. The number of carbonyl (C=O) groups excluding carboxylic acids is 1. The summed E-state index contributed by atoms with van der Waals surface area (Å²) >= 11 is 0. The minimum Gasteiger partial charge on any atom is -0.481 e. The minimum atomic E-state index is -0.969. The summed E-state index contributed by atoms with van der Waals surface area (Å²) in [7, 11) is 0. The Kier molecular flexibility index (Phi) is 6.06. The van der Waals surface area contributed by atoms with Crippen LogP contribution in [0.5, 0.6) is 0 Å². The maximum atomic E-state index is 11.9. The van der Waals surface area contributed by atoms with Crippen molar-refractivity contribution in [1.29, 1.82) is 0 Å². The Morgan fingerprint density at radius 3 is 2.71 bits per heavy atom. The Labute approximate surface area is 121 Å². The third-order valence-electron chi connectivity index (χ3n) is 2.79. The average molecular weight is 292 g/mol. The molecule has 21 heavy (non-hydrogen) atoms.